The smallest absolute Gasteiger partial charge is 0.250 e. The van der Waals surface area contributed by atoms with Gasteiger partial charge in [-0.3, -0.25) is 0 Å². The van der Waals surface area contributed by atoms with Crippen LogP contribution in [-0.4, -0.2) is 0 Å². The summed E-state index contributed by atoms with van der Waals surface area (Å²) >= 11 is 0. The number of rotatable bonds is 6. The summed E-state index contributed by atoms with van der Waals surface area (Å²) in [6.45, 7) is 6.65. The molecule has 1 aromatic heterocycles. The Labute approximate surface area is 230 Å². The Hall–Kier alpha value is -4.00. The Morgan fingerprint density at radius 3 is 1.59 bits per heavy atom. The van der Waals surface area contributed by atoms with Gasteiger partial charge in [0.15, 0.2) is 5.58 Å². The molecule has 0 saturated carbocycles. The van der Waals surface area contributed by atoms with Crippen molar-refractivity contribution in [3.63, 3.8) is 0 Å². The van der Waals surface area contributed by atoms with Gasteiger partial charge in [0.2, 0.25) is 5.12 Å². The molecule has 5 aromatic carbocycles. The summed E-state index contributed by atoms with van der Waals surface area (Å²) in [5, 5.41) is 2.85. The zero-order valence-electron chi connectivity index (χ0n) is 22.5. The average molecular weight is 528 g/mol. The highest BCUT2D eigenvalue weighted by atomic mass is 31.1. The van der Waals surface area contributed by atoms with E-state index >= 15 is 0 Å². The van der Waals surface area contributed by atoms with Gasteiger partial charge in [0, 0.05) is 34.1 Å². The van der Waals surface area contributed by atoms with Gasteiger partial charge < -0.3 is 0 Å². The van der Waals surface area contributed by atoms with Crippen molar-refractivity contribution in [2.24, 2.45) is 0 Å². The van der Waals surface area contributed by atoms with Crippen molar-refractivity contribution in [2.45, 2.75) is 38.5 Å². The molecule has 3 heteroatoms. The molecular weight excluding hydrogens is 495 g/mol. The minimum atomic E-state index is -2.06. The molecule has 0 radical (unpaired) electrons. The van der Waals surface area contributed by atoms with Crippen molar-refractivity contribution in [2.75, 3.05) is 0 Å². The molecule has 4 unspecified atom stereocenters. The second-order valence-corrected chi connectivity index (χ2v) is 11.7. The summed E-state index contributed by atoms with van der Waals surface area (Å²) in [6, 6.07) is 42.4. The summed E-state index contributed by atoms with van der Waals surface area (Å²) in [5.41, 5.74) is 7.85. The first-order valence-corrected chi connectivity index (χ1v) is 14.8. The fourth-order valence-electron chi connectivity index (χ4n) is 5.70. The van der Waals surface area contributed by atoms with E-state index in [0.717, 1.165) is 27.0 Å². The lowest BCUT2D eigenvalue weighted by Crippen LogP contribution is -2.02. The Kier molecular flexibility index (Phi) is 6.90. The third-order valence-corrected chi connectivity index (χ3v) is 9.41. The third kappa shape index (κ3) is 4.82. The van der Waals surface area contributed by atoms with Crippen LogP contribution in [0.4, 0.5) is 0 Å². The van der Waals surface area contributed by atoms with E-state index in [9.17, 15) is 4.57 Å². The number of benzene rings is 5. The van der Waals surface area contributed by atoms with Crippen molar-refractivity contribution in [3.8, 4) is 0 Å². The van der Waals surface area contributed by atoms with E-state index in [2.05, 4.69) is 130 Å². The second kappa shape index (κ2) is 10.6. The molecule has 6 aromatic rings. The fourth-order valence-corrected chi connectivity index (χ4v) is 6.97. The molecule has 2 nitrogen and oxygen atoms in total. The minimum absolute atomic E-state index is 0.0735. The Morgan fingerprint density at radius 2 is 1.03 bits per heavy atom. The lowest BCUT2D eigenvalue weighted by Gasteiger charge is -2.18. The van der Waals surface area contributed by atoms with Crippen LogP contribution in [-0.2, 0) is 4.57 Å². The van der Waals surface area contributed by atoms with Gasteiger partial charge >= 0.3 is 7.65 Å². The van der Waals surface area contributed by atoms with Gasteiger partial charge in [0.25, 0.3) is 0 Å². The van der Waals surface area contributed by atoms with Gasteiger partial charge in [0.05, 0.1) is 0 Å². The summed E-state index contributed by atoms with van der Waals surface area (Å²) < 4.78 is 20.0. The number of hydrogen-bond acceptors (Lipinski definition) is 2. The lowest BCUT2D eigenvalue weighted by molar-refractivity contribution is 0.563. The molecule has 4 atom stereocenters. The zero-order valence-corrected chi connectivity index (χ0v) is 23.4. The molecule has 0 N–H and O–H groups in total. The van der Waals surface area contributed by atoms with Crippen LogP contribution < -0.4 is 0 Å². The molecule has 0 spiro atoms. The molecule has 192 valence electrons. The van der Waals surface area contributed by atoms with E-state index in [-0.39, 0.29) is 17.8 Å². The molecule has 0 amide bonds. The molecule has 0 saturated heterocycles. The quantitative estimate of drug-likeness (QED) is 0.202. The molecule has 0 fully saturated rings. The fraction of sp³-hybridized carbons (Fsp3) is 0.167. The number of hydrogen-bond donors (Lipinski definition) is 0. The van der Waals surface area contributed by atoms with E-state index in [4.69, 9.17) is 4.20 Å². The normalized spacial score (nSPS) is 14.3. The van der Waals surface area contributed by atoms with E-state index in [1.165, 1.54) is 22.3 Å². The third-order valence-electron chi connectivity index (χ3n) is 8.19. The molecule has 0 aliphatic carbocycles. The summed E-state index contributed by atoms with van der Waals surface area (Å²) in [4.78, 5) is 0. The highest BCUT2D eigenvalue weighted by molar-refractivity contribution is 7.37. The Balaban J connectivity index is 1.58. The minimum Gasteiger partial charge on any atom is -0.250 e. The Morgan fingerprint density at radius 1 is 0.513 bits per heavy atom. The van der Waals surface area contributed by atoms with Crippen LogP contribution in [0.15, 0.2) is 126 Å². The predicted octanol–water partition coefficient (Wildman–Crippen LogP) is 10.8. The van der Waals surface area contributed by atoms with Gasteiger partial charge in [-0.1, -0.05) is 118 Å². The molecule has 6 rings (SSSR count). The van der Waals surface area contributed by atoms with Crippen LogP contribution in [0, 0.1) is 0 Å². The summed E-state index contributed by atoms with van der Waals surface area (Å²) in [7, 11) is -2.06. The molecule has 1 heterocycles. The van der Waals surface area contributed by atoms with Gasteiger partial charge in [0.1, 0.15) is 0 Å². The van der Waals surface area contributed by atoms with E-state index in [1.54, 1.807) is 0 Å². The van der Waals surface area contributed by atoms with E-state index < -0.39 is 7.65 Å². The standard InChI is InChI=1S/C36H32O2P/c1-24(27-13-7-4-8-14-27)30-19-20-32-34-22-31(25(2)28-15-9-5-10-16-28)21-33(26(3)29-17-11-6-12-18-29)36(34)39(37)38-35(32)23-30/h4-26H,1-3H3/q+1. The molecule has 0 bridgehead atoms. The van der Waals surface area contributed by atoms with Crippen molar-refractivity contribution < 1.29 is 8.76 Å². The maximum absolute atomic E-state index is 13.8. The van der Waals surface area contributed by atoms with Crippen LogP contribution in [0.3, 0.4) is 0 Å². The first kappa shape index (κ1) is 25.3. The van der Waals surface area contributed by atoms with E-state index in [0.29, 0.717) is 5.58 Å². The van der Waals surface area contributed by atoms with Gasteiger partial charge in [-0.05, 0) is 56.6 Å². The maximum atomic E-state index is 13.8. The summed E-state index contributed by atoms with van der Waals surface area (Å²) in [6.07, 6.45) is 0. The molecule has 0 aliphatic heterocycles. The molecular formula is C36H32O2P+. The van der Waals surface area contributed by atoms with Crippen LogP contribution in [0.1, 0.15) is 71.9 Å². The monoisotopic (exact) mass is 527 g/mol. The number of fused-ring (bicyclic) bond motifs is 3. The van der Waals surface area contributed by atoms with Crippen LogP contribution in [0.2, 0.25) is 0 Å². The van der Waals surface area contributed by atoms with Crippen LogP contribution in [0.25, 0.3) is 21.5 Å². The van der Waals surface area contributed by atoms with Crippen LogP contribution >= 0.6 is 7.65 Å². The first-order chi connectivity index (χ1) is 19.0. The van der Waals surface area contributed by atoms with Crippen molar-refractivity contribution in [1.29, 1.82) is 0 Å². The van der Waals surface area contributed by atoms with Gasteiger partial charge in [-0.2, -0.15) is 0 Å². The highest BCUT2D eigenvalue weighted by Gasteiger charge is 2.27. The summed E-state index contributed by atoms with van der Waals surface area (Å²) in [5.74, 6) is 0.474. The van der Waals surface area contributed by atoms with Crippen molar-refractivity contribution in [3.05, 3.63) is 155 Å². The van der Waals surface area contributed by atoms with Crippen LogP contribution in [0.5, 0.6) is 0 Å². The SMILES string of the molecule is CC(c1ccccc1)c1ccc2c(c1)o[p+](=O)c1c(C(C)c3ccccc3)cc(C(C)c3ccccc3)cc21. The first-order valence-electron chi connectivity index (χ1n) is 13.6. The second-order valence-electron chi connectivity index (χ2n) is 10.5. The maximum Gasteiger partial charge on any atom is 0.598 e. The average Bonchev–Trinajstić information content (AvgIpc) is 3.00. The largest absolute Gasteiger partial charge is 0.598 e. The Bertz CT molecular complexity index is 1810. The van der Waals surface area contributed by atoms with Gasteiger partial charge in [-0.15, -0.1) is 0 Å². The van der Waals surface area contributed by atoms with E-state index in [1.807, 2.05) is 12.1 Å². The topological polar surface area (TPSA) is 30.2 Å². The highest BCUT2D eigenvalue weighted by Crippen LogP contribution is 2.44. The molecule has 39 heavy (non-hydrogen) atoms. The van der Waals surface area contributed by atoms with Crippen molar-refractivity contribution >= 4 is 29.1 Å². The zero-order chi connectivity index (χ0) is 26.9. The van der Waals surface area contributed by atoms with Crippen molar-refractivity contribution in [1.82, 2.24) is 0 Å². The van der Waals surface area contributed by atoms with Gasteiger partial charge in [-0.25, -0.2) is 4.20 Å². The molecule has 0 aliphatic rings. The lowest BCUT2D eigenvalue weighted by atomic mass is 9.86. The predicted molar refractivity (Wildman–Crippen MR) is 163 cm³/mol.